The molecule has 0 aliphatic carbocycles. The first kappa shape index (κ1) is 23.5. The lowest BCUT2D eigenvalue weighted by atomic mass is 10.0. The second kappa shape index (κ2) is 11.5. The molecule has 2 N–H and O–H groups in total. The minimum absolute atomic E-state index is 0.282. The largest absolute Gasteiger partial charge is 0.445 e. The van der Waals surface area contributed by atoms with Crippen LogP contribution in [0.25, 0.3) is 0 Å². The molecule has 5 nitrogen and oxygen atoms in total. The monoisotopic (exact) mass is 451 g/mol. The van der Waals surface area contributed by atoms with E-state index >= 15 is 0 Å². The van der Waals surface area contributed by atoms with Gasteiger partial charge in [0.25, 0.3) is 0 Å². The second-order valence-corrected chi connectivity index (χ2v) is 7.91. The molecule has 0 saturated carbocycles. The van der Waals surface area contributed by atoms with Gasteiger partial charge in [-0.25, -0.2) is 0 Å². The highest BCUT2D eigenvalue weighted by molar-refractivity contribution is 6.20. The van der Waals surface area contributed by atoms with Crippen LogP contribution in [0, 0.1) is 5.92 Å². The highest BCUT2D eigenvalue weighted by Gasteiger charge is 2.28. The van der Waals surface area contributed by atoms with Crippen molar-refractivity contribution in [3.63, 3.8) is 0 Å². The second-order valence-electron chi connectivity index (χ2n) is 7.42. The number of amides is 1. The van der Waals surface area contributed by atoms with Gasteiger partial charge in [-0.1, -0.05) is 91.3 Å². The molecule has 3 atom stereocenters. The Bertz CT molecular complexity index is 1010. The number of aliphatic hydroxyl groups is 1. The number of benzene rings is 3. The van der Waals surface area contributed by atoms with Crippen LogP contribution in [0.5, 0.6) is 0 Å². The number of hydrogen-bond donors (Lipinski definition) is 2. The molecule has 3 unspecified atom stereocenters. The number of halogens is 1. The molecule has 3 aromatic carbocycles. The lowest BCUT2D eigenvalue weighted by Gasteiger charge is -2.18. The molecule has 1 amide bonds. The van der Waals surface area contributed by atoms with Gasteiger partial charge in [0.2, 0.25) is 5.91 Å². The normalized spacial score (nSPS) is 13.6. The Kier molecular flexibility index (Phi) is 8.42. The molecule has 0 bridgehead atoms. The van der Waals surface area contributed by atoms with Crippen LogP contribution < -0.4 is 5.32 Å². The average molecular weight is 452 g/mol. The Balaban J connectivity index is 1.57. The van der Waals surface area contributed by atoms with Crippen LogP contribution in [0.4, 0.5) is 5.69 Å². The van der Waals surface area contributed by atoms with E-state index < -0.39 is 29.5 Å². The Morgan fingerprint density at radius 3 is 2.06 bits per heavy atom. The van der Waals surface area contributed by atoms with Gasteiger partial charge in [0, 0.05) is 12.1 Å². The summed E-state index contributed by atoms with van der Waals surface area (Å²) in [6, 6.07) is 25.6. The summed E-state index contributed by atoms with van der Waals surface area (Å²) in [5.74, 6) is -2.09. The van der Waals surface area contributed by atoms with Crippen molar-refractivity contribution < 1.29 is 19.4 Å². The molecule has 0 spiro atoms. The molecule has 0 saturated heterocycles. The Labute approximate surface area is 193 Å². The maximum absolute atomic E-state index is 12.7. The standard InChI is InChI=1S/C26H26ClNO4/c1-2-22(26(31)32-23(27)17-18-9-5-3-6-10-18)25(30)28-21-15-13-20(14-16-21)24(29)19-11-7-4-8-12-19/h3-16,22-24,29H,2,17H2,1H3,(H,28,30). The number of ether oxygens (including phenoxy) is 1. The maximum atomic E-state index is 12.7. The number of carbonyl (C=O) groups excluding carboxylic acids is 2. The number of carbonyl (C=O) groups is 2. The minimum atomic E-state index is -0.971. The zero-order chi connectivity index (χ0) is 22.9. The van der Waals surface area contributed by atoms with Crippen molar-refractivity contribution in [3.05, 3.63) is 102 Å². The summed E-state index contributed by atoms with van der Waals surface area (Å²) in [5.41, 5.74) is 2.09. The number of aliphatic hydroxyl groups excluding tert-OH is 1. The Morgan fingerprint density at radius 2 is 1.47 bits per heavy atom. The van der Waals surface area contributed by atoms with Crippen LogP contribution in [0.15, 0.2) is 84.9 Å². The predicted molar refractivity (Wildman–Crippen MR) is 125 cm³/mol. The van der Waals surface area contributed by atoms with Crippen LogP contribution in [0.2, 0.25) is 0 Å². The zero-order valence-electron chi connectivity index (χ0n) is 17.8. The summed E-state index contributed by atoms with van der Waals surface area (Å²) in [4.78, 5) is 25.2. The lowest BCUT2D eigenvalue weighted by Crippen LogP contribution is -2.32. The molecule has 3 rings (SSSR count). The Hall–Kier alpha value is -3.15. The van der Waals surface area contributed by atoms with Crippen LogP contribution >= 0.6 is 11.6 Å². The van der Waals surface area contributed by atoms with Gasteiger partial charge >= 0.3 is 5.97 Å². The molecule has 166 valence electrons. The highest BCUT2D eigenvalue weighted by Crippen LogP contribution is 2.23. The predicted octanol–water partition coefficient (Wildman–Crippen LogP) is 5.08. The van der Waals surface area contributed by atoms with Gasteiger partial charge in [-0.05, 0) is 35.2 Å². The van der Waals surface area contributed by atoms with E-state index in [0.717, 1.165) is 11.1 Å². The SMILES string of the molecule is CCC(C(=O)Nc1ccc(C(O)c2ccccc2)cc1)C(=O)OC(Cl)Cc1ccccc1. The van der Waals surface area contributed by atoms with Crippen LogP contribution in [-0.2, 0) is 20.7 Å². The third-order valence-electron chi connectivity index (χ3n) is 5.10. The molecule has 3 aromatic rings. The van der Waals surface area contributed by atoms with Crippen molar-refractivity contribution in [3.8, 4) is 0 Å². The average Bonchev–Trinajstić information content (AvgIpc) is 2.80. The Morgan fingerprint density at radius 1 is 0.906 bits per heavy atom. The van der Waals surface area contributed by atoms with Crippen molar-refractivity contribution in [2.45, 2.75) is 31.4 Å². The van der Waals surface area contributed by atoms with Gasteiger partial charge in [-0.15, -0.1) is 0 Å². The molecule has 0 radical (unpaired) electrons. The number of alkyl halides is 1. The number of anilines is 1. The molecule has 0 aromatic heterocycles. The van der Waals surface area contributed by atoms with E-state index in [1.54, 1.807) is 31.2 Å². The summed E-state index contributed by atoms with van der Waals surface area (Å²) < 4.78 is 5.30. The fourth-order valence-electron chi connectivity index (χ4n) is 3.31. The first-order valence-electron chi connectivity index (χ1n) is 10.5. The zero-order valence-corrected chi connectivity index (χ0v) is 18.5. The van der Waals surface area contributed by atoms with Gasteiger partial charge in [0.05, 0.1) is 0 Å². The number of nitrogens with one attached hydrogen (secondary N) is 1. The van der Waals surface area contributed by atoms with Gasteiger partial charge in [0.15, 0.2) is 5.56 Å². The van der Waals surface area contributed by atoms with Crippen LogP contribution in [0.3, 0.4) is 0 Å². The van der Waals surface area contributed by atoms with Crippen LogP contribution in [-0.4, -0.2) is 22.5 Å². The first-order chi connectivity index (χ1) is 15.5. The summed E-state index contributed by atoms with van der Waals surface area (Å²) in [5, 5.41) is 13.2. The van der Waals surface area contributed by atoms with E-state index in [9.17, 15) is 14.7 Å². The van der Waals surface area contributed by atoms with E-state index in [2.05, 4.69) is 5.32 Å². The number of rotatable bonds is 9. The third-order valence-corrected chi connectivity index (χ3v) is 5.34. The van der Waals surface area contributed by atoms with Crippen molar-refractivity contribution in [2.24, 2.45) is 5.92 Å². The van der Waals surface area contributed by atoms with E-state index in [1.165, 1.54) is 0 Å². The van der Waals surface area contributed by atoms with Gasteiger partial charge in [-0.3, -0.25) is 9.59 Å². The molecule has 32 heavy (non-hydrogen) atoms. The summed E-state index contributed by atoms with van der Waals surface area (Å²) in [6.45, 7) is 1.74. The van der Waals surface area contributed by atoms with Crippen molar-refractivity contribution in [2.75, 3.05) is 5.32 Å². The third kappa shape index (κ3) is 6.42. The lowest BCUT2D eigenvalue weighted by molar-refractivity contribution is -0.153. The highest BCUT2D eigenvalue weighted by atomic mass is 35.5. The van der Waals surface area contributed by atoms with Crippen molar-refractivity contribution in [1.29, 1.82) is 0 Å². The molecule has 0 fully saturated rings. The molecule has 0 aliphatic heterocycles. The van der Waals surface area contributed by atoms with E-state index in [1.807, 2.05) is 60.7 Å². The smallest absolute Gasteiger partial charge is 0.319 e. The molecule has 0 aliphatic rings. The fraction of sp³-hybridized carbons (Fsp3) is 0.231. The molecule has 6 heteroatoms. The summed E-state index contributed by atoms with van der Waals surface area (Å²) >= 11 is 6.18. The number of esters is 1. The van der Waals surface area contributed by atoms with Gasteiger partial charge in [-0.2, -0.15) is 0 Å². The molecular weight excluding hydrogens is 426 g/mol. The van der Waals surface area contributed by atoms with E-state index in [4.69, 9.17) is 16.3 Å². The topological polar surface area (TPSA) is 75.6 Å². The van der Waals surface area contributed by atoms with E-state index in [-0.39, 0.29) is 6.42 Å². The molecular formula is C26H26ClNO4. The van der Waals surface area contributed by atoms with Gasteiger partial charge < -0.3 is 15.2 Å². The quantitative estimate of drug-likeness (QED) is 0.270. The summed E-state index contributed by atoms with van der Waals surface area (Å²) in [7, 11) is 0. The molecule has 0 heterocycles. The number of hydrogen-bond acceptors (Lipinski definition) is 4. The fourth-order valence-corrected chi connectivity index (χ4v) is 3.58. The summed E-state index contributed by atoms with van der Waals surface area (Å²) in [6.07, 6.45) is -0.119. The van der Waals surface area contributed by atoms with Crippen molar-refractivity contribution in [1.82, 2.24) is 0 Å². The van der Waals surface area contributed by atoms with Gasteiger partial charge in [0.1, 0.15) is 12.0 Å². The maximum Gasteiger partial charge on any atom is 0.319 e. The first-order valence-corrected chi connectivity index (χ1v) is 10.9. The van der Waals surface area contributed by atoms with Crippen LogP contribution in [0.1, 0.15) is 36.1 Å². The minimum Gasteiger partial charge on any atom is -0.445 e. The van der Waals surface area contributed by atoms with E-state index in [0.29, 0.717) is 17.7 Å². The van der Waals surface area contributed by atoms with Crippen molar-refractivity contribution >= 4 is 29.2 Å².